The van der Waals surface area contributed by atoms with Crippen molar-refractivity contribution in [2.45, 2.75) is 82.4 Å². The summed E-state index contributed by atoms with van der Waals surface area (Å²) < 4.78 is 76.4. The fourth-order valence-corrected chi connectivity index (χ4v) is 4.48. The molecule has 0 amide bonds. The predicted octanol–water partition coefficient (Wildman–Crippen LogP) is 7.08. The quantitative estimate of drug-likeness (QED) is 0.374. The molecule has 1 atom stereocenters. The van der Waals surface area contributed by atoms with E-state index in [0.717, 1.165) is 31.6 Å². The van der Waals surface area contributed by atoms with Gasteiger partial charge in [0.25, 0.3) is 0 Å². The van der Waals surface area contributed by atoms with Crippen molar-refractivity contribution in [2.75, 3.05) is 0 Å². The van der Waals surface area contributed by atoms with Gasteiger partial charge in [-0.3, -0.25) is 0 Å². The van der Waals surface area contributed by atoms with Crippen molar-refractivity contribution in [3.8, 4) is 0 Å². The second-order valence-corrected chi connectivity index (χ2v) is 8.08. The predicted molar refractivity (Wildman–Crippen MR) is 91.8 cm³/mol. The van der Waals surface area contributed by atoms with Gasteiger partial charge in [-0.25, -0.2) is 4.39 Å². The molecule has 0 saturated heterocycles. The molecule has 0 aliphatic heterocycles. The van der Waals surface area contributed by atoms with E-state index >= 15 is 0 Å². The topological polar surface area (TPSA) is 20.2 Å². The lowest BCUT2D eigenvalue weighted by atomic mass is 9.71. The second kappa shape index (κ2) is 9.48. The molecule has 2 rings (SSSR count). The molecular formula is C20H28F6O. The molecule has 0 aromatic carbocycles. The summed E-state index contributed by atoms with van der Waals surface area (Å²) in [5, 5.41) is 9.73. The minimum absolute atomic E-state index is 0.126. The molecule has 0 spiro atoms. The lowest BCUT2D eigenvalue weighted by Gasteiger charge is -2.35. The summed E-state index contributed by atoms with van der Waals surface area (Å²) in [6, 6.07) is 0. The van der Waals surface area contributed by atoms with Gasteiger partial charge in [0, 0.05) is 12.8 Å². The van der Waals surface area contributed by atoms with Crippen molar-refractivity contribution in [1.29, 1.82) is 0 Å². The van der Waals surface area contributed by atoms with Crippen molar-refractivity contribution >= 4 is 0 Å². The monoisotopic (exact) mass is 398 g/mol. The van der Waals surface area contributed by atoms with Crippen LogP contribution in [0.1, 0.15) is 70.6 Å². The van der Waals surface area contributed by atoms with Crippen molar-refractivity contribution in [2.24, 2.45) is 17.8 Å². The highest BCUT2D eigenvalue weighted by Gasteiger charge is 2.53. The highest BCUT2D eigenvalue weighted by molar-refractivity contribution is 5.06. The minimum Gasteiger partial charge on any atom is -0.380 e. The zero-order chi connectivity index (χ0) is 20.1. The molecule has 0 heterocycles. The van der Waals surface area contributed by atoms with Gasteiger partial charge in [0.2, 0.25) is 0 Å². The average molecular weight is 398 g/mol. The van der Waals surface area contributed by atoms with Crippen molar-refractivity contribution in [3.05, 3.63) is 24.1 Å². The van der Waals surface area contributed by atoms with Gasteiger partial charge >= 0.3 is 12.3 Å². The Hall–Kier alpha value is -0.980. The first-order chi connectivity index (χ1) is 12.6. The number of alkyl halides is 3. The van der Waals surface area contributed by atoms with Gasteiger partial charge in [-0.15, -0.1) is 0 Å². The molecule has 2 aliphatic carbocycles. The van der Waals surface area contributed by atoms with Gasteiger partial charge in [0.15, 0.2) is 11.4 Å². The van der Waals surface area contributed by atoms with Gasteiger partial charge in [-0.1, -0.05) is 44.3 Å². The maximum atomic E-state index is 13.0. The highest BCUT2D eigenvalue weighted by Crippen LogP contribution is 2.42. The van der Waals surface area contributed by atoms with Crippen LogP contribution in [-0.2, 0) is 0 Å². The van der Waals surface area contributed by atoms with Crippen molar-refractivity contribution in [1.82, 2.24) is 0 Å². The zero-order valence-electron chi connectivity index (χ0n) is 15.4. The molecule has 0 aromatic rings. The summed E-state index contributed by atoms with van der Waals surface area (Å²) in [6.07, 6.45) is 2.36. The number of aliphatic hydroxyl groups is 1. The third-order valence-electron chi connectivity index (χ3n) is 6.18. The molecule has 7 heteroatoms. The number of allylic oxidation sites excluding steroid dienone is 1. The number of rotatable bonds is 6. The molecule has 1 nitrogen and oxygen atoms in total. The zero-order valence-corrected chi connectivity index (χ0v) is 15.4. The number of hydrogen-bond donors (Lipinski definition) is 1. The van der Waals surface area contributed by atoms with E-state index in [-0.39, 0.29) is 5.92 Å². The third kappa shape index (κ3) is 6.26. The van der Waals surface area contributed by atoms with Crippen LogP contribution in [0.25, 0.3) is 0 Å². The summed E-state index contributed by atoms with van der Waals surface area (Å²) in [4.78, 5) is 0. The molecule has 1 unspecified atom stereocenters. The minimum atomic E-state index is -5.19. The molecule has 27 heavy (non-hydrogen) atoms. The fraction of sp³-hybridized carbons (Fsp3) is 0.800. The molecule has 2 fully saturated rings. The van der Waals surface area contributed by atoms with Crippen LogP contribution in [0.4, 0.5) is 26.3 Å². The van der Waals surface area contributed by atoms with E-state index < -0.39 is 36.5 Å². The molecular weight excluding hydrogens is 370 g/mol. The first-order valence-electron chi connectivity index (χ1n) is 9.78. The van der Waals surface area contributed by atoms with Crippen LogP contribution < -0.4 is 0 Å². The Bertz CT molecular complexity index is 523. The summed E-state index contributed by atoms with van der Waals surface area (Å²) in [5.41, 5.74) is -3.52. The Morgan fingerprint density at radius 3 is 1.93 bits per heavy atom. The van der Waals surface area contributed by atoms with E-state index in [1.54, 1.807) is 6.08 Å². The summed E-state index contributed by atoms with van der Waals surface area (Å²) in [6.45, 7) is 0. The van der Waals surface area contributed by atoms with Gasteiger partial charge in [-0.05, 0) is 43.4 Å². The summed E-state index contributed by atoms with van der Waals surface area (Å²) in [7, 11) is 0. The normalized spacial score (nSPS) is 27.5. The van der Waals surface area contributed by atoms with Crippen molar-refractivity contribution in [3.63, 3.8) is 0 Å². The lowest BCUT2D eigenvalue weighted by molar-refractivity contribution is -0.259. The number of hydrogen-bond acceptors (Lipinski definition) is 1. The van der Waals surface area contributed by atoms with E-state index in [4.69, 9.17) is 0 Å². The molecule has 0 bridgehead atoms. The van der Waals surface area contributed by atoms with Crippen LogP contribution in [0, 0.1) is 17.8 Å². The van der Waals surface area contributed by atoms with E-state index in [2.05, 4.69) is 0 Å². The third-order valence-corrected chi connectivity index (χ3v) is 6.18. The van der Waals surface area contributed by atoms with E-state index in [1.807, 2.05) is 0 Å². The van der Waals surface area contributed by atoms with Crippen molar-refractivity contribution < 1.29 is 31.4 Å². The first kappa shape index (κ1) is 22.3. The lowest BCUT2D eigenvalue weighted by Crippen LogP contribution is -2.45. The Morgan fingerprint density at radius 2 is 1.41 bits per heavy atom. The maximum Gasteiger partial charge on any atom is 0.417 e. The first-order valence-corrected chi connectivity index (χ1v) is 9.78. The second-order valence-electron chi connectivity index (χ2n) is 8.08. The Morgan fingerprint density at radius 1 is 0.852 bits per heavy atom. The molecule has 156 valence electrons. The van der Waals surface area contributed by atoms with Gasteiger partial charge in [-0.2, -0.15) is 22.0 Å². The average Bonchev–Trinajstić information content (AvgIpc) is 2.62. The molecule has 2 aliphatic rings. The molecule has 1 N–H and O–H groups in total. The smallest absolute Gasteiger partial charge is 0.380 e. The largest absolute Gasteiger partial charge is 0.417 e. The van der Waals surface area contributed by atoms with Crippen LogP contribution in [0.15, 0.2) is 24.1 Å². The van der Waals surface area contributed by atoms with Crippen LogP contribution in [0.5, 0.6) is 0 Å². The van der Waals surface area contributed by atoms with Gasteiger partial charge in [0.05, 0.1) is 0 Å². The standard InChI is InChI=1S/C20H28F6O/c21-17(18(22)23)13-19(27,20(24,25)26)12-4-5-14-8-10-16(11-9-14)15-6-2-1-3-7-15/h4-5,14-16,27H,1-3,6-13H2/b5-4+. The maximum absolute atomic E-state index is 13.0. The number of halogens is 6. The van der Waals surface area contributed by atoms with E-state index in [0.29, 0.717) is 5.92 Å². The van der Waals surface area contributed by atoms with Crippen LogP contribution in [0.2, 0.25) is 0 Å². The van der Waals surface area contributed by atoms with Crippen LogP contribution in [0.3, 0.4) is 0 Å². The Balaban J connectivity index is 1.88. The summed E-state index contributed by atoms with van der Waals surface area (Å²) in [5.74, 6) is -0.644. The molecule has 0 radical (unpaired) electrons. The van der Waals surface area contributed by atoms with Gasteiger partial charge < -0.3 is 5.11 Å². The molecule has 2 saturated carbocycles. The fourth-order valence-electron chi connectivity index (χ4n) is 4.48. The van der Waals surface area contributed by atoms with E-state index in [1.165, 1.54) is 38.2 Å². The van der Waals surface area contributed by atoms with Gasteiger partial charge in [0.1, 0.15) is 0 Å². The summed E-state index contributed by atoms with van der Waals surface area (Å²) >= 11 is 0. The Kier molecular flexibility index (Phi) is 7.83. The highest BCUT2D eigenvalue weighted by atomic mass is 19.4. The molecule has 0 aromatic heterocycles. The van der Waals surface area contributed by atoms with E-state index in [9.17, 15) is 31.4 Å². The van der Waals surface area contributed by atoms with Crippen LogP contribution >= 0.6 is 0 Å². The Labute approximate surface area is 156 Å². The van der Waals surface area contributed by atoms with Crippen LogP contribution in [-0.4, -0.2) is 16.9 Å². The SMILES string of the molecule is OC(C/C=C/C1CCC(C2CCCCC2)CC1)(CC(F)=C(F)F)C(F)(F)F.